The topological polar surface area (TPSA) is 0 Å². The van der Waals surface area contributed by atoms with Crippen molar-refractivity contribution in [1.82, 2.24) is 0 Å². The van der Waals surface area contributed by atoms with Gasteiger partial charge in [0, 0.05) is 5.92 Å². The molecule has 0 aliphatic heterocycles. The SMILES string of the molecule is C=C(C#CC(C)CC)C(C)CC. The van der Waals surface area contributed by atoms with E-state index in [2.05, 4.69) is 46.1 Å². The Morgan fingerprint density at radius 1 is 1.25 bits per heavy atom. The Bertz CT molecular complexity index is 190. The van der Waals surface area contributed by atoms with E-state index in [4.69, 9.17) is 0 Å². The number of hydrogen-bond donors (Lipinski definition) is 0. The first kappa shape index (κ1) is 11.3. The molecule has 2 atom stereocenters. The van der Waals surface area contributed by atoms with Crippen molar-refractivity contribution in [3.63, 3.8) is 0 Å². The van der Waals surface area contributed by atoms with Crippen molar-refractivity contribution in [3.05, 3.63) is 12.2 Å². The standard InChI is InChI=1S/C12H20/c1-6-10(3)8-9-12(5)11(4)7-2/h10-11H,5-7H2,1-4H3. The molecule has 0 amide bonds. The van der Waals surface area contributed by atoms with E-state index in [-0.39, 0.29) is 0 Å². The lowest BCUT2D eigenvalue weighted by atomic mass is 9.99. The van der Waals surface area contributed by atoms with Crippen LogP contribution < -0.4 is 0 Å². The van der Waals surface area contributed by atoms with E-state index in [1.807, 2.05) is 0 Å². The molecule has 0 heterocycles. The van der Waals surface area contributed by atoms with Gasteiger partial charge in [0.25, 0.3) is 0 Å². The molecule has 0 N–H and O–H groups in total. The van der Waals surface area contributed by atoms with E-state index in [0.29, 0.717) is 11.8 Å². The molecule has 0 aromatic heterocycles. The average molecular weight is 164 g/mol. The van der Waals surface area contributed by atoms with Gasteiger partial charge in [-0.2, -0.15) is 0 Å². The van der Waals surface area contributed by atoms with E-state index in [0.717, 1.165) is 18.4 Å². The molecule has 0 aromatic rings. The molecule has 0 spiro atoms. The molecular formula is C12H20. The van der Waals surface area contributed by atoms with Gasteiger partial charge in [-0.05, 0) is 24.3 Å². The van der Waals surface area contributed by atoms with Gasteiger partial charge in [0.2, 0.25) is 0 Å². The lowest BCUT2D eigenvalue weighted by molar-refractivity contribution is 0.675. The van der Waals surface area contributed by atoms with Gasteiger partial charge in [0.1, 0.15) is 0 Å². The molecule has 0 aromatic carbocycles. The van der Waals surface area contributed by atoms with Crippen molar-refractivity contribution in [2.24, 2.45) is 11.8 Å². The number of hydrogen-bond acceptors (Lipinski definition) is 0. The quantitative estimate of drug-likeness (QED) is 0.559. The van der Waals surface area contributed by atoms with Crippen molar-refractivity contribution >= 4 is 0 Å². The zero-order valence-electron chi connectivity index (χ0n) is 8.78. The molecular weight excluding hydrogens is 144 g/mol. The highest BCUT2D eigenvalue weighted by atomic mass is 14.0. The highest BCUT2D eigenvalue weighted by molar-refractivity contribution is 5.27. The fourth-order valence-corrected chi connectivity index (χ4v) is 0.688. The molecule has 0 bridgehead atoms. The summed E-state index contributed by atoms with van der Waals surface area (Å²) in [7, 11) is 0. The van der Waals surface area contributed by atoms with Crippen LogP contribution in [0.4, 0.5) is 0 Å². The molecule has 12 heavy (non-hydrogen) atoms. The molecule has 2 unspecified atom stereocenters. The summed E-state index contributed by atoms with van der Waals surface area (Å²) in [5.41, 5.74) is 1.08. The zero-order chi connectivity index (χ0) is 9.56. The zero-order valence-corrected chi connectivity index (χ0v) is 8.78. The van der Waals surface area contributed by atoms with Crippen LogP contribution in [0.1, 0.15) is 40.5 Å². The van der Waals surface area contributed by atoms with E-state index in [1.165, 1.54) is 0 Å². The second-order valence-corrected chi connectivity index (χ2v) is 3.41. The molecule has 0 rings (SSSR count). The van der Waals surface area contributed by atoms with Crippen LogP contribution in [0.25, 0.3) is 0 Å². The van der Waals surface area contributed by atoms with Crippen LogP contribution in [0.15, 0.2) is 12.2 Å². The minimum absolute atomic E-state index is 0.505. The minimum Gasteiger partial charge on any atom is -0.0951 e. The molecule has 0 heteroatoms. The van der Waals surface area contributed by atoms with E-state index < -0.39 is 0 Å². The number of allylic oxidation sites excluding steroid dienone is 1. The Morgan fingerprint density at radius 2 is 1.83 bits per heavy atom. The largest absolute Gasteiger partial charge is 0.0951 e. The fraction of sp³-hybridized carbons (Fsp3) is 0.667. The predicted molar refractivity (Wildman–Crippen MR) is 55.8 cm³/mol. The van der Waals surface area contributed by atoms with Gasteiger partial charge < -0.3 is 0 Å². The first-order valence-electron chi connectivity index (χ1n) is 4.82. The molecule has 0 aliphatic carbocycles. The highest BCUT2D eigenvalue weighted by Crippen LogP contribution is 2.10. The van der Waals surface area contributed by atoms with Gasteiger partial charge >= 0.3 is 0 Å². The summed E-state index contributed by atoms with van der Waals surface area (Å²) >= 11 is 0. The molecule has 0 aliphatic rings. The summed E-state index contributed by atoms with van der Waals surface area (Å²) in [6.07, 6.45) is 2.26. The molecule has 68 valence electrons. The van der Waals surface area contributed by atoms with Crippen molar-refractivity contribution < 1.29 is 0 Å². The summed E-state index contributed by atoms with van der Waals surface area (Å²) in [5.74, 6) is 7.39. The maximum absolute atomic E-state index is 3.96. The fourth-order valence-electron chi connectivity index (χ4n) is 0.688. The Kier molecular flexibility index (Phi) is 5.54. The Hall–Kier alpha value is -0.700. The lowest BCUT2D eigenvalue weighted by Gasteiger charge is -2.05. The van der Waals surface area contributed by atoms with Gasteiger partial charge in [-0.15, -0.1) is 0 Å². The molecule has 0 fully saturated rings. The summed E-state index contributed by atoms with van der Waals surface area (Å²) in [6, 6.07) is 0. The molecule has 0 radical (unpaired) electrons. The summed E-state index contributed by atoms with van der Waals surface area (Å²) in [5, 5.41) is 0. The predicted octanol–water partition coefficient (Wildman–Crippen LogP) is 3.64. The Balaban J connectivity index is 4.03. The maximum atomic E-state index is 3.96. The maximum Gasteiger partial charge on any atom is 0.0175 e. The minimum atomic E-state index is 0.505. The van der Waals surface area contributed by atoms with Crippen LogP contribution in [0.3, 0.4) is 0 Å². The van der Waals surface area contributed by atoms with Gasteiger partial charge in [-0.25, -0.2) is 0 Å². The second-order valence-electron chi connectivity index (χ2n) is 3.41. The molecule has 0 nitrogen and oxygen atoms in total. The first-order chi connectivity index (χ1) is 5.61. The average Bonchev–Trinajstić information content (AvgIpc) is 2.11. The van der Waals surface area contributed by atoms with Gasteiger partial charge in [0.15, 0.2) is 0 Å². The summed E-state index contributed by atoms with van der Waals surface area (Å²) in [4.78, 5) is 0. The monoisotopic (exact) mass is 164 g/mol. The summed E-state index contributed by atoms with van der Waals surface area (Å²) in [6.45, 7) is 12.6. The Morgan fingerprint density at radius 3 is 2.25 bits per heavy atom. The van der Waals surface area contributed by atoms with Gasteiger partial charge in [0.05, 0.1) is 0 Å². The second kappa shape index (κ2) is 5.89. The third-order valence-corrected chi connectivity index (χ3v) is 2.30. The van der Waals surface area contributed by atoms with Crippen LogP contribution >= 0.6 is 0 Å². The molecule has 0 saturated heterocycles. The van der Waals surface area contributed by atoms with Crippen LogP contribution in [0, 0.1) is 23.7 Å². The van der Waals surface area contributed by atoms with Crippen molar-refractivity contribution in [2.75, 3.05) is 0 Å². The van der Waals surface area contributed by atoms with Crippen LogP contribution in [-0.4, -0.2) is 0 Å². The van der Waals surface area contributed by atoms with Gasteiger partial charge in [-0.1, -0.05) is 46.1 Å². The van der Waals surface area contributed by atoms with Crippen LogP contribution in [-0.2, 0) is 0 Å². The van der Waals surface area contributed by atoms with Crippen LogP contribution in [0.2, 0.25) is 0 Å². The normalized spacial score (nSPS) is 14.3. The van der Waals surface area contributed by atoms with Crippen molar-refractivity contribution in [3.8, 4) is 11.8 Å². The third kappa shape index (κ3) is 4.23. The number of rotatable bonds is 3. The van der Waals surface area contributed by atoms with Crippen molar-refractivity contribution in [1.29, 1.82) is 0 Å². The van der Waals surface area contributed by atoms with E-state index >= 15 is 0 Å². The first-order valence-corrected chi connectivity index (χ1v) is 4.82. The summed E-state index contributed by atoms with van der Waals surface area (Å²) < 4.78 is 0. The van der Waals surface area contributed by atoms with E-state index in [1.54, 1.807) is 0 Å². The van der Waals surface area contributed by atoms with E-state index in [9.17, 15) is 0 Å². The third-order valence-electron chi connectivity index (χ3n) is 2.30. The molecule has 0 saturated carbocycles. The smallest absolute Gasteiger partial charge is 0.0175 e. The highest BCUT2D eigenvalue weighted by Gasteiger charge is 1.99. The Labute approximate surface area is 77.1 Å². The lowest BCUT2D eigenvalue weighted by Crippen LogP contribution is -1.94. The van der Waals surface area contributed by atoms with Crippen molar-refractivity contribution in [2.45, 2.75) is 40.5 Å². The van der Waals surface area contributed by atoms with Gasteiger partial charge in [-0.3, -0.25) is 0 Å². The van der Waals surface area contributed by atoms with Crippen LogP contribution in [0.5, 0.6) is 0 Å².